The maximum absolute atomic E-state index is 2.55. The van der Waals surface area contributed by atoms with E-state index in [1.165, 1.54) is 98.7 Å². The molecule has 0 radical (unpaired) electrons. The minimum absolute atomic E-state index is 0.380. The Bertz CT molecular complexity index is 2770. The van der Waals surface area contributed by atoms with Crippen LogP contribution in [0.1, 0.15) is 33.4 Å². The van der Waals surface area contributed by atoms with Crippen molar-refractivity contribution in [2.24, 2.45) is 0 Å². The van der Waals surface area contributed by atoms with Crippen LogP contribution in [0, 0.1) is 0 Å². The van der Waals surface area contributed by atoms with Crippen LogP contribution in [-0.2, 0) is 5.41 Å². The summed E-state index contributed by atoms with van der Waals surface area (Å²) in [6, 6.07) is 63.3. The molecule has 0 saturated heterocycles. The molecule has 0 heteroatoms. The summed E-state index contributed by atoms with van der Waals surface area (Å²) >= 11 is 0. The van der Waals surface area contributed by atoms with E-state index < -0.39 is 0 Å². The highest BCUT2D eigenvalue weighted by atomic mass is 14.5. The van der Waals surface area contributed by atoms with Crippen molar-refractivity contribution >= 4 is 55.2 Å². The van der Waals surface area contributed by atoms with Crippen LogP contribution in [0.2, 0.25) is 0 Å². The second-order valence-corrected chi connectivity index (χ2v) is 13.6. The van der Waals surface area contributed by atoms with Gasteiger partial charge in [-0.2, -0.15) is 0 Å². The number of hydrogen-bond acceptors (Lipinski definition) is 0. The Morgan fingerprint density at radius 2 is 0.918 bits per heavy atom. The van der Waals surface area contributed by atoms with E-state index in [1.807, 2.05) is 0 Å². The first-order valence-electron chi connectivity index (χ1n) is 17.2. The van der Waals surface area contributed by atoms with Gasteiger partial charge in [0.2, 0.25) is 0 Å². The Labute approximate surface area is 285 Å². The van der Waals surface area contributed by atoms with Gasteiger partial charge >= 0.3 is 0 Å². The zero-order chi connectivity index (χ0) is 32.1. The molecule has 2 aliphatic rings. The second-order valence-electron chi connectivity index (χ2n) is 13.6. The molecule has 0 amide bonds. The molecule has 0 atom stereocenters. The molecule has 0 aliphatic heterocycles. The van der Waals surface area contributed by atoms with E-state index in [0.717, 1.165) is 0 Å². The van der Waals surface area contributed by atoms with Gasteiger partial charge in [0.1, 0.15) is 0 Å². The van der Waals surface area contributed by atoms with Crippen molar-refractivity contribution < 1.29 is 0 Å². The molecule has 1 spiro atoms. The molecule has 0 nitrogen and oxygen atoms in total. The third kappa shape index (κ3) is 3.48. The molecule has 0 heterocycles. The first kappa shape index (κ1) is 26.8. The van der Waals surface area contributed by atoms with Gasteiger partial charge in [-0.15, -0.1) is 0 Å². The van der Waals surface area contributed by atoms with Crippen LogP contribution in [0.5, 0.6) is 0 Å². The van der Waals surface area contributed by atoms with Gasteiger partial charge in [-0.1, -0.05) is 170 Å². The Morgan fingerprint density at radius 3 is 1.61 bits per heavy atom. The van der Waals surface area contributed by atoms with Gasteiger partial charge in [0.25, 0.3) is 0 Å². The van der Waals surface area contributed by atoms with Crippen molar-refractivity contribution in [2.45, 2.75) is 5.41 Å². The monoisotopic (exact) mass is 618 g/mol. The summed E-state index contributed by atoms with van der Waals surface area (Å²) in [5, 5.41) is 10.5. The number of benzene rings is 9. The lowest BCUT2D eigenvalue weighted by Crippen LogP contribution is -2.26. The average molecular weight is 619 g/mol. The fourth-order valence-electron chi connectivity index (χ4n) is 9.35. The first-order chi connectivity index (χ1) is 24.3. The van der Waals surface area contributed by atoms with E-state index in [9.17, 15) is 0 Å². The Balaban J connectivity index is 1.27. The van der Waals surface area contributed by atoms with Crippen molar-refractivity contribution in [3.05, 3.63) is 203 Å². The molecular formula is C49H30. The second kappa shape index (κ2) is 9.89. The van der Waals surface area contributed by atoms with Gasteiger partial charge < -0.3 is 0 Å². The minimum atomic E-state index is -0.380. The summed E-state index contributed by atoms with van der Waals surface area (Å²) in [6.45, 7) is 0. The van der Waals surface area contributed by atoms with E-state index in [2.05, 4.69) is 182 Å². The van der Waals surface area contributed by atoms with Gasteiger partial charge in [-0.25, -0.2) is 0 Å². The fraction of sp³-hybridized carbons (Fsp3) is 0.0204. The third-order valence-corrected chi connectivity index (χ3v) is 11.2. The first-order valence-corrected chi connectivity index (χ1v) is 17.2. The van der Waals surface area contributed by atoms with Gasteiger partial charge in [-0.3, -0.25) is 0 Å². The third-order valence-electron chi connectivity index (χ3n) is 11.2. The summed E-state index contributed by atoms with van der Waals surface area (Å²) in [6.07, 6.45) is 4.55. The molecule has 2 aliphatic carbocycles. The predicted octanol–water partition coefficient (Wildman–Crippen LogP) is 12.8. The largest absolute Gasteiger partial charge is 0.0726 e. The van der Waals surface area contributed by atoms with Crippen LogP contribution < -0.4 is 0 Å². The Morgan fingerprint density at radius 1 is 0.367 bits per heavy atom. The lowest BCUT2D eigenvalue weighted by atomic mass is 9.69. The SMILES string of the molecule is C(=C\c1c2ccccc2c(-c2cc3c4c(ccc5cccc(c54)C34c3ccccc3-c3ccccc34)c2)c2ccccc12)/c1ccccc1. The van der Waals surface area contributed by atoms with Crippen molar-refractivity contribution in [2.75, 3.05) is 0 Å². The van der Waals surface area contributed by atoms with Gasteiger partial charge in [0, 0.05) is 0 Å². The minimum Gasteiger partial charge on any atom is -0.0622 e. The van der Waals surface area contributed by atoms with Crippen LogP contribution in [0.25, 0.3) is 77.5 Å². The van der Waals surface area contributed by atoms with E-state index in [0.29, 0.717) is 0 Å². The van der Waals surface area contributed by atoms with Crippen molar-refractivity contribution in [1.82, 2.24) is 0 Å². The lowest BCUT2D eigenvalue weighted by Gasteiger charge is -2.31. The maximum atomic E-state index is 2.55. The predicted molar refractivity (Wildman–Crippen MR) is 208 cm³/mol. The molecule has 49 heavy (non-hydrogen) atoms. The van der Waals surface area contributed by atoms with E-state index >= 15 is 0 Å². The van der Waals surface area contributed by atoms with Gasteiger partial charge in [0.05, 0.1) is 5.41 Å². The van der Waals surface area contributed by atoms with Crippen molar-refractivity contribution in [3.8, 4) is 22.3 Å². The average Bonchev–Trinajstić information content (AvgIpc) is 3.64. The van der Waals surface area contributed by atoms with Gasteiger partial charge in [0.15, 0.2) is 0 Å². The van der Waals surface area contributed by atoms with Crippen LogP contribution in [0.3, 0.4) is 0 Å². The summed E-state index contributed by atoms with van der Waals surface area (Å²) in [5.74, 6) is 0. The smallest absolute Gasteiger partial charge is 0.0622 e. The molecule has 9 aromatic carbocycles. The molecule has 11 rings (SSSR count). The Hall–Kier alpha value is -6.24. The maximum Gasteiger partial charge on any atom is 0.0726 e. The quantitative estimate of drug-likeness (QED) is 0.105. The van der Waals surface area contributed by atoms with Crippen molar-refractivity contribution in [1.29, 1.82) is 0 Å². The fourth-order valence-corrected chi connectivity index (χ4v) is 9.35. The van der Waals surface area contributed by atoms with E-state index in [-0.39, 0.29) is 5.41 Å². The molecule has 0 aromatic heterocycles. The van der Waals surface area contributed by atoms with Gasteiger partial charge in [-0.05, 0) is 111 Å². The standard InChI is InChI=1S/C49H30/c1-2-13-31(14-3-1)25-28-37-35-16-4-6-20-40(35)46(41-21-7-5-17-36(37)41)34-29-33-27-26-32-15-12-24-44-47(32)48(33)45(30-34)49(44)42-22-10-8-18-38(42)39-19-9-11-23-43(39)49/h1-30H/b28-25+. The molecule has 0 saturated carbocycles. The molecular weight excluding hydrogens is 589 g/mol. The summed E-state index contributed by atoms with van der Waals surface area (Å²) in [7, 11) is 0. The topological polar surface area (TPSA) is 0 Å². The van der Waals surface area contributed by atoms with Crippen molar-refractivity contribution in [3.63, 3.8) is 0 Å². The number of hydrogen-bond donors (Lipinski definition) is 0. The molecule has 0 fully saturated rings. The summed E-state index contributed by atoms with van der Waals surface area (Å²) in [5.41, 5.74) is 12.9. The summed E-state index contributed by atoms with van der Waals surface area (Å²) in [4.78, 5) is 0. The van der Waals surface area contributed by atoms with E-state index in [1.54, 1.807) is 0 Å². The van der Waals surface area contributed by atoms with Crippen LogP contribution in [0.15, 0.2) is 170 Å². The normalized spacial score (nSPS) is 13.8. The molecule has 0 unspecified atom stereocenters. The number of fused-ring (bicyclic) bond motifs is 9. The molecule has 0 bridgehead atoms. The zero-order valence-electron chi connectivity index (χ0n) is 26.8. The highest BCUT2D eigenvalue weighted by Crippen LogP contribution is 2.63. The molecule has 226 valence electrons. The van der Waals surface area contributed by atoms with E-state index in [4.69, 9.17) is 0 Å². The lowest BCUT2D eigenvalue weighted by molar-refractivity contribution is 0.797. The highest BCUT2D eigenvalue weighted by molar-refractivity contribution is 6.22. The highest BCUT2D eigenvalue weighted by Gasteiger charge is 2.50. The number of rotatable bonds is 3. The summed E-state index contributed by atoms with van der Waals surface area (Å²) < 4.78 is 0. The van der Waals surface area contributed by atoms with Crippen LogP contribution in [0.4, 0.5) is 0 Å². The Kier molecular flexibility index (Phi) is 5.41. The zero-order valence-corrected chi connectivity index (χ0v) is 26.8. The molecule has 0 N–H and O–H groups in total. The van der Waals surface area contributed by atoms with Crippen LogP contribution in [-0.4, -0.2) is 0 Å². The molecule has 9 aromatic rings. The van der Waals surface area contributed by atoms with Crippen LogP contribution >= 0.6 is 0 Å².